The summed E-state index contributed by atoms with van der Waals surface area (Å²) in [7, 11) is 0. The molecule has 0 saturated carbocycles. The molecule has 0 fully saturated rings. The second kappa shape index (κ2) is 5.88. The summed E-state index contributed by atoms with van der Waals surface area (Å²) in [4.78, 5) is 0. The number of halogens is 2. The fourth-order valence-corrected chi connectivity index (χ4v) is 2.02. The van der Waals surface area contributed by atoms with Gasteiger partial charge in [-0.3, -0.25) is 0 Å². The van der Waals surface area contributed by atoms with E-state index in [0.717, 1.165) is 5.69 Å². The van der Waals surface area contributed by atoms with E-state index in [1.54, 1.807) is 36.4 Å². The Hall–Kier alpha value is -2.47. The summed E-state index contributed by atoms with van der Waals surface area (Å²) in [6.45, 7) is 0.0652. The zero-order valence-electron chi connectivity index (χ0n) is 10.8. The molecule has 21 heavy (non-hydrogen) atoms. The van der Waals surface area contributed by atoms with Gasteiger partial charge in [-0.15, -0.1) is 5.10 Å². The van der Waals surface area contributed by atoms with E-state index in [1.165, 1.54) is 17.1 Å². The van der Waals surface area contributed by atoms with Crippen LogP contribution in [0.1, 0.15) is 5.56 Å². The summed E-state index contributed by atoms with van der Waals surface area (Å²) in [5.41, 5.74) is 1.14. The lowest BCUT2D eigenvalue weighted by Crippen LogP contribution is -2.00. The van der Waals surface area contributed by atoms with E-state index in [4.69, 9.17) is 16.3 Å². The first-order chi connectivity index (χ1) is 10.2. The first-order valence-electron chi connectivity index (χ1n) is 6.13. The molecule has 0 spiro atoms. The van der Waals surface area contributed by atoms with Crippen molar-refractivity contribution in [3.63, 3.8) is 0 Å². The van der Waals surface area contributed by atoms with E-state index in [1.807, 2.05) is 0 Å². The Balaban J connectivity index is 1.71. The molecule has 0 aliphatic heterocycles. The topological polar surface area (TPSA) is 52.8 Å². The van der Waals surface area contributed by atoms with E-state index in [9.17, 15) is 4.39 Å². The molecular formula is C14H10ClFN4O. The standard InChI is InChI=1S/C14H10ClFN4O/c15-13-2-1-3-14(16)12(13)8-21-11-6-4-10(5-7-11)20-9-17-18-19-20/h1-7,9H,8H2. The molecule has 1 heterocycles. The van der Waals surface area contributed by atoms with Crippen LogP contribution in [0.3, 0.4) is 0 Å². The van der Waals surface area contributed by atoms with Crippen LogP contribution in [0.15, 0.2) is 48.8 Å². The number of aromatic nitrogens is 4. The zero-order valence-corrected chi connectivity index (χ0v) is 11.5. The van der Waals surface area contributed by atoms with Crippen LogP contribution in [0.4, 0.5) is 4.39 Å². The number of benzene rings is 2. The van der Waals surface area contributed by atoms with Gasteiger partial charge in [0.1, 0.15) is 24.5 Å². The van der Waals surface area contributed by atoms with Gasteiger partial charge >= 0.3 is 0 Å². The van der Waals surface area contributed by atoms with Gasteiger partial charge in [0.15, 0.2) is 0 Å². The number of nitrogens with zero attached hydrogens (tertiary/aromatic N) is 4. The molecule has 3 aromatic rings. The van der Waals surface area contributed by atoms with Crippen LogP contribution in [0, 0.1) is 5.82 Å². The highest BCUT2D eigenvalue weighted by molar-refractivity contribution is 6.31. The van der Waals surface area contributed by atoms with Crippen LogP contribution in [0.25, 0.3) is 5.69 Å². The minimum atomic E-state index is -0.382. The summed E-state index contributed by atoms with van der Waals surface area (Å²) in [5, 5.41) is 11.3. The van der Waals surface area contributed by atoms with Gasteiger partial charge in [0.2, 0.25) is 0 Å². The molecular weight excluding hydrogens is 295 g/mol. The Labute approximate surface area is 124 Å². The minimum absolute atomic E-state index is 0.0652. The van der Waals surface area contributed by atoms with Crippen LogP contribution in [0.5, 0.6) is 5.75 Å². The molecule has 0 aliphatic carbocycles. The van der Waals surface area contributed by atoms with Crippen LogP contribution in [0.2, 0.25) is 5.02 Å². The molecule has 0 bridgehead atoms. The van der Waals surface area contributed by atoms with Crippen molar-refractivity contribution in [2.24, 2.45) is 0 Å². The van der Waals surface area contributed by atoms with E-state index in [0.29, 0.717) is 16.3 Å². The Bertz CT molecular complexity index is 711. The van der Waals surface area contributed by atoms with E-state index < -0.39 is 0 Å². The molecule has 0 aliphatic rings. The highest BCUT2D eigenvalue weighted by atomic mass is 35.5. The first kappa shape index (κ1) is 13.5. The van der Waals surface area contributed by atoms with Gasteiger partial charge in [-0.1, -0.05) is 17.7 Å². The second-order valence-corrected chi connectivity index (χ2v) is 4.64. The number of rotatable bonds is 4. The molecule has 106 valence electrons. The van der Waals surface area contributed by atoms with Crippen molar-refractivity contribution < 1.29 is 9.13 Å². The molecule has 7 heteroatoms. The summed E-state index contributed by atoms with van der Waals surface area (Å²) < 4.78 is 20.7. The third-order valence-electron chi connectivity index (χ3n) is 2.90. The summed E-state index contributed by atoms with van der Waals surface area (Å²) in [6.07, 6.45) is 1.50. The Morgan fingerprint density at radius 2 is 1.95 bits per heavy atom. The average molecular weight is 305 g/mol. The van der Waals surface area contributed by atoms with Crippen molar-refractivity contribution in [3.05, 3.63) is 65.2 Å². The Kier molecular flexibility index (Phi) is 3.79. The fourth-order valence-electron chi connectivity index (χ4n) is 1.80. The summed E-state index contributed by atoms with van der Waals surface area (Å²) in [6, 6.07) is 11.7. The van der Waals surface area contributed by atoms with E-state index in [2.05, 4.69) is 15.5 Å². The monoisotopic (exact) mass is 304 g/mol. The largest absolute Gasteiger partial charge is 0.489 e. The van der Waals surface area contributed by atoms with Gasteiger partial charge in [0.05, 0.1) is 10.7 Å². The maximum atomic E-state index is 13.6. The SMILES string of the molecule is Fc1cccc(Cl)c1COc1ccc(-n2cnnn2)cc1. The lowest BCUT2D eigenvalue weighted by atomic mass is 10.2. The van der Waals surface area contributed by atoms with Crippen molar-refractivity contribution in [3.8, 4) is 11.4 Å². The van der Waals surface area contributed by atoms with Crippen molar-refractivity contribution >= 4 is 11.6 Å². The quantitative estimate of drug-likeness (QED) is 0.743. The second-order valence-electron chi connectivity index (χ2n) is 4.24. The summed E-state index contributed by atoms with van der Waals surface area (Å²) in [5.74, 6) is 0.221. The van der Waals surface area contributed by atoms with Gasteiger partial charge in [-0.25, -0.2) is 9.07 Å². The van der Waals surface area contributed by atoms with Crippen molar-refractivity contribution in [1.29, 1.82) is 0 Å². The highest BCUT2D eigenvalue weighted by Crippen LogP contribution is 2.22. The van der Waals surface area contributed by atoms with Crippen LogP contribution in [-0.2, 0) is 6.61 Å². The molecule has 0 N–H and O–H groups in total. The normalized spacial score (nSPS) is 10.6. The van der Waals surface area contributed by atoms with Crippen LogP contribution < -0.4 is 4.74 Å². The lowest BCUT2D eigenvalue weighted by Gasteiger charge is -2.09. The maximum Gasteiger partial charge on any atom is 0.143 e. The predicted molar refractivity (Wildman–Crippen MR) is 74.9 cm³/mol. The van der Waals surface area contributed by atoms with Gasteiger partial charge in [0, 0.05) is 5.56 Å². The van der Waals surface area contributed by atoms with Crippen LogP contribution >= 0.6 is 11.6 Å². The minimum Gasteiger partial charge on any atom is -0.489 e. The average Bonchev–Trinajstić information content (AvgIpc) is 3.02. The predicted octanol–water partition coefficient (Wildman–Crippen LogP) is 3.03. The summed E-state index contributed by atoms with van der Waals surface area (Å²) >= 11 is 5.94. The molecule has 0 amide bonds. The van der Waals surface area contributed by atoms with Crippen LogP contribution in [-0.4, -0.2) is 20.2 Å². The molecule has 0 unspecified atom stereocenters. The number of hydrogen-bond acceptors (Lipinski definition) is 4. The van der Waals surface area contributed by atoms with Crippen molar-refractivity contribution in [1.82, 2.24) is 20.2 Å². The van der Waals surface area contributed by atoms with Gasteiger partial charge < -0.3 is 4.74 Å². The molecule has 0 saturated heterocycles. The van der Waals surface area contributed by atoms with Crippen molar-refractivity contribution in [2.45, 2.75) is 6.61 Å². The Morgan fingerprint density at radius 1 is 1.14 bits per heavy atom. The lowest BCUT2D eigenvalue weighted by molar-refractivity contribution is 0.300. The number of ether oxygens (including phenoxy) is 1. The highest BCUT2D eigenvalue weighted by Gasteiger charge is 2.07. The molecule has 1 aromatic heterocycles. The molecule has 0 radical (unpaired) electrons. The first-order valence-corrected chi connectivity index (χ1v) is 6.51. The van der Waals surface area contributed by atoms with Gasteiger partial charge in [0.25, 0.3) is 0 Å². The maximum absolute atomic E-state index is 13.6. The van der Waals surface area contributed by atoms with E-state index >= 15 is 0 Å². The molecule has 5 nitrogen and oxygen atoms in total. The fraction of sp³-hybridized carbons (Fsp3) is 0.0714. The third kappa shape index (κ3) is 3.00. The van der Waals surface area contributed by atoms with Gasteiger partial charge in [-0.2, -0.15) is 0 Å². The zero-order chi connectivity index (χ0) is 14.7. The van der Waals surface area contributed by atoms with Crippen molar-refractivity contribution in [2.75, 3.05) is 0 Å². The molecule has 0 atom stereocenters. The number of hydrogen-bond donors (Lipinski definition) is 0. The molecule has 2 aromatic carbocycles. The Morgan fingerprint density at radius 3 is 2.62 bits per heavy atom. The smallest absolute Gasteiger partial charge is 0.143 e. The van der Waals surface area contributed by atoms with Gasteiger partial charge in [-0.05, 0) is 46.8 Å². The number of tetrazole rings is 1. The third-order valence-corrected chi connectivity index (χ3v) is 3.25. The van der Waals surface area contributed by atoms with E-state index in [-0.39, 0.29) is 12.4 Å². The molecule has 3 rings (SSSR count).